The van der Waals surface area contributed by atoms with Gasteiger partial charge in [0.15, 0.2) is 5.82 Å². The summed E-state index contributed by atoms with van der Waals surface area (Å²) in [6.07, 6.45) is 11.8. The van der Waals surface area contributed by atoms with Crippen molar-refractivity contribution in [3.63, 3.8) is 0 Å². The largest absolute Gasteiger partial charge is 0.508 e. The molecule has 14 heteroatoms. The van der Waals surface area contributed by atoms with Crippen molar-refractivity contribution in [1.82, 2.24) is 29.5 Å². The van der Waals surface area contributed by atoms with Gasteiger partial charge < -0.3 is 19.5 Å². The molecule has 0 amide bonds. The van der Waals surface area contributed by atoms with Gasteiger partial charge in [-0.1, -0.05) is 12.0 Å². The van der Waals surface area contributed by atoms with E-state index in [9.17, 15) is 13.9 Å². The minimum Gasteiger partial charge on any atom is -0.508 e. The van der Waals surface area contributed by atoms with Crippen LogP contribution in [0.3, 0.4) is 0 Å². The van der Waals surface area contributed by atoms with Gasteiger partial charge >= 0.3 is 6.01 Å². The van der Waals surface area contributed by atoms with Crippen LogP contribution in [0.15, 0.2) is 42.1 Å². The third-order valence-electron chi connectivity index (χ3n) is 13.4. The van der Waals surface area contributed by atoms with Gasteiger partial charge in [-0.3, -0.25) is 14.5 Å². The Hall–Kier alpha value is -4.97. The maximum atomic E-state index is 17.9. The Morgan fingerprint density at radius 1 is 1.05 bits per heavy atom. The van der Waals surface area contributed by atoms with Gasteiger partial charge in [0.05, 0.1) is 16.5 Å². The smallest absolute Gasteiger partial charge is 0.319 e. The zero-order valence-corrected chi connectivity index (χ0v) is 31.9. The second-order valence-electron chi connectivity index (χ2n) is 16.7. The van der Waals surface area contributed by atoms with E-state index >= 15 is 8.78 Å². The minimum absolute atomic E-state index is 0.00430. The lowest BCUT2D eigenvalue weighted by Gasteiger charge is -2.49. The van der Waals surface area contributed by atoms with E-state index in [1.54, 1.807) is 25.0 Å². The summed E-state index contributed by atoms with van der Waals surface area (Å²) in [5.41, 5.74) is -0.159. The molecule has 4 aliphatic heterocycles. The van der Waals surface area contributed by atoms with Crippen LogP contribution >= 0.6 is 0 Å². The van der Waals surface area contributed by atoms with Crippen molar-refractivity contribution < 1.29 is 32.1 Å². The Labute approximate surface area is 327 Å². The first-order valence-electron chi connectivity index (χ1n) is 19.8. The molecule has 3 atom stereocenters. The number of hydrogen-bond acceptors (Lipinski definition) is 9. The van der Waals surface area contributed by atoms with Gasteiger partial charge in [0.25, 0.3) is 6.08 Å². The summed E-state index contributed by atoms with van der Waals surface area (Å²) >= 11 is 0. The number of aryl methyl sites for hydroxylation is 1. The molecule has 10 rings (SSSR count). The van der Waals surface area contributed by atoms with Gasteiger partial charge in [0, 0.05) is 86.6 Å². The number of halogens is 4. The van der Waals surface area contributed by atoms with E-state index in [-0.39, 0.29) is 82.1 Å². The van der Waals surface area contributed by atoms with Crippen LogP contribution in [0, 0.1) is 29.9 Å². The average Bonchev–Trinajstić information content (AvgIpc) is 3.91. The summed E-state index contributed by atoms with van der Waals surface area (Å²) in [4.78, 5) is 16.8. The number of terminal acetylenes is 1. The van der Waals surface area contributed by atoms with Gasteiger partial charge in [-0.05, 0) is 86.6 Å². The summed E-state index contributed by atoms with van der Waals surface area (Å²) in [6.45, 7) is 3.36. The molecule has 2 aromatic heterocycles. The third-order valence-corrected chi connectivity index (χ3v) is 13.4. The topological polar surface area (TPSA) is 92.0 Å². The minimum atomic E-state index is -1.65. The number of ether oxygens (including phenoxy) is 2. The van der Waals surface area contributed by atoms with Gasteiger partial charge in [0.2, 0.25) is 0 Å². The quantitative estimate of drug-likeness (QED) is 0.130. The molecule has 57 heavy (non-hydrogen) atoms. The predicted octanol–water partition coefficient (Wildman–Crippen LogP) is 7.15. The van der Waals surface area contributed by atoms with Crippen molar-refractivity contribution in [2.45, 2.75) is 68.6 Å². The first kappa shape index (κ1) is 36.4. The summed E-state index contributed by atoms with van der Waals surface area (Å²) in [6, 6.07) is 6.19. The van der Waals surface area contributed by atoms with Crippen LogP contribution in [-0.2, 0) is 11.8 Å². The zero-order valence-electron chi connectivity index (χ0n) is 31.9. The number of benzene rings is 3. The lowest BCUT2D eigenvalue weighted by Crippen LogP contribution is -2.59. The SMILES string of the molecule is C#Cc1c(F)ccc2cc(O)cc(-c3c(F)c4nc(OC[C@@]56CCCN5CC(=C(F)F)C6)nc(N5C6CCC5CN(C5CC(COC)C5)C6)c4c4cn(C)nc34)c12. The van der Waals surface area contributed by atoms with Crippen molar-refractivity contribution in [2.75, 3.05) is 51.4 Å². The first-order chi connectivity index (χ1) is 27.6. The van der Waals surface area contributed by atoms with Crippen LogP contribution in [0.1, 0.15) is 50.5 Å². The Bertz CT molecular complexity index is 2530. The summed E-state index contributed by atoms with van der Waals surface area (Å²) in [7, 11) is 3.49. The molecule has 1 aliphatic carbocycles. The summed E-state index contributed by atoms with van der Waals surface area (Å²) in [5.74, 6) is 1.97. The zero-order chi connectivity index (χ0) is 39.3. The summed E-state index contributed by atoms with van der Waals surface area (Å²) in [5, 5.41) is 17.4. The van der Waals surface area contributed by atoms with Gasteiger partial charge in [-0.25, -0.2) is 8.78 Å². The van der Waals surface area contributed by atoms with Crippen LogP contribution in [0.25, 0.3) is 43.7 Å². The number of hydrogen-bond donors (Lipinski definition) is 1. The van der Waals surface area contributed by atoms with Crippen LogP contribution in [0.5, 0.6) is 11.8 Å². The highest BCUT2D eigenvalue weighted by Crippen LogP contribution is 2.48. The molecular weight excluding hydrogens is 739 g/mol. The van der Waals surface area contributed by atoms with E-state index < -0.39 is 23.3 Å². The fourth-order valence-electron chi connectivity index (χ4n) is 10.8. The molecular formula is C43H43F4N7O3. The molecule has 2 bridgehead atoms. The molecule has 1 N–H and O–H groups in total. The van der Waals surface area contributed by atoms with Crippen LogP contribution in [-0.4, -0.2) is 105 Å². The van der Waals surface area contributed by atoms with E-state index in [1.165, 1.54) is 24.3 Å². The Morgan fingerprint density at radius 2 is 1.84 bits per heavy atom. The standard InChI is InChI=1S/C43H43F4N7O3/c1-4-30-33(44)9-6-24-14-29(55)15-31(34(24)30)35-37(45)39-36(32-20-51(2)50-38(32)35)41(54-26-7-8-27(54)19-52(18-26)28-12-23(13-28)21-56-3)49-42(48-39)57-22-43-10-5-11-53(43)17-25(16-43)40(46)47/h1,6,9,14-15,20,23,26-28,55H,5,7-8,10-13,16-19,21-22H2,2-3H3/t23?,26?,27?,28?,43-/m0/s1. The number of phenols is 1. The number of aromatic hydroxyl groups is 1. The fraction of sp³-hybridized carbons (Fsp3) is 0.465. The van der Waals surface area contributed by atoms with Gasteiger partial charge in [-0.2, -0.15) is 23.8 Å². The van der Waals surface area contributed by atoms with Gasteiger partial charge in [0.1, 0.15) is 35.0 Å². The van der Waals surface area contributed by atoms with Gasteiger partial charge in [-0.15, -0.1) is 6.42 Å². The highest BCUT2D eigenvalue weighted by molar-refractivity contribution is 6.18. The summed E-state index contributed by atoms with van der Waals surface area (Å²) < 4.78 is 74.4. The van der Waals surface area contributed by atoms with Crippen LogP contribution in [0.2, 0.25) is 0 Å². The first-order valence-corrected chi connectivity index (χ1v) is 19.8. The molecule has 4 saturated heterocycles. The second kappa shape index (κ2) is 13.6. The number of fused-ring (bicyclic) bond motifs is 7. The number of aromatic nitrogens is 4. The number of rotatable bonds is 8. The maximum absolute atomic E-state index is 17.9. The van der Waals surface area contributed by atoms with Crippen molar-refractivity contribution in [3.8, 4) is 35.2 Å². The fourth-order valence-corrected chi connectivity index (χ4v) is 10.8. The van der Waals surface area contributed by atoms with Crippen LogP contribution in [0.4, 0.5) is 23.4 Å². The van der Waals surface area contributed by atoms with Crippen molar-refractivity contribution in [3.05, 3.63) is 59.3 Å². The van der Waals surface area contributed by atoms with E-state index in [2.05, 4.69) is 15.7 Å². The molecule has 5 aliphatic rings. The molecule has 6 heterocycles. The van der Waals surface area contributed by atoms with Crippen molar-refractivity contribution >= 4 is 38.4 Å². The molecule has 0 radical (unpaired) electrons. The lowest BCUT2D eigenvalue weighted by atomic mass is 9.79. The molecule has 3 aromatic carbocycles. The van der Waals surface area contributed by atoms with Crippen molar-refractivity contribution in [1.29, 1.82) is 0 Å². The molecule has 10 nitrogen and oxygen atoms in total. The highest BCUT2D eigenvalue weighted by Gasteiger charge is 2.49. The van der Waals surface area contributed by atoms with Crippen molar-refractivity contribution in [2.24, 2.45) is 13.0 Å². The number of likely N-dealkylation sites (tertiary alicyclic amines) is 1. The number of methoxy groups -OCH3 is 1. The highest BCUT2D eigenvalue weighted by atomic mass is 19.3. The second-order valence-corrected chi connectivity index (χ2v) is 16.7. The number of piperazine rings is 1. The van der Waals surface area contributed by atoms with E-state index in [0.29, 0.717) is 46.9 Å². The average molecular weight is 782 g/mol. The van der Waals surface area contributed by atoms with E-state index in [4.69, 9.17) is 31.0 Å². The Kier molecular flexibility index (Phi) is 8.66. The Morgan fingerprint density at radius 3 is 2.58 bits per heavy atom. The molecule has 5 fully saturated rings. The molecule has 1 saturated carbocycles. The van der Waals surface area contributed by atoms with E-state index in [1.807, 2.05) is 4.90 Å². The normalized spacial score (nSPS) is 26.1. The van der Waals surface area contributed by atoms with Crippen LogP contribution < -0.4 is 9.64 Å². The predicted molar refractivity (Wildman–Crippen MR) is 208 cm³/mol. The molecule has 0 spiro atoms. The Balaban J connectivity index is 1.15. The molecule has 5 aromatic rings. The lowest BCUT2D eigenvalue weighted by molar-refractivity contribution is 0.0199. The number of anilines is 1. The van der Waals surface area contributed by atoms with E-state index in [0.717, 1.165) is 51.8 Å². The molecule has 2 unspecified atom stereocenters. The number of nitrogens with zero attached hydrogens (tertiary/aromatic N) is 7. The molecule has 296 valence electrons. The number of phenolic OH excluding ortho intramolecular Hbond substituents is 1. The third kappa shape index (κ3) is 5.75. The maximum Gasteiger partial charge on any atom is 0.319 e. The monoisotopic (exact) mass is 781 g/mol.